The lowest BCUT2D eigenvalue weighted by atomic mass is 9.86. The minimum Gasteiger partial charge on any atom is -0.478 e. The van der Waals surface area contributed by atoms with Gasteiger partial charge in [-0.1, -0.05) is 48.5 Å². The Hall–Kier alpha value is -2.94. The highest BCUT2D eigenvalue weighted by molar-refractivity contribution is 5.87. The van der Waals surface area contributed by atoms with Gasteiger partial charge >= 0.3 is 5.97 Å². The molecule has 3 rings (SSSR count). The summed E-state index contributed by atoms with van der Waals surface area (Å²) in [5.74, 6) is -0.705. The van der Waals surface area contributed by atoms with Gasteiger partial charge in [0.05, 0.1) is 5.56 Å². The van der Waals surface area contributed by atoms with Gasteiger partial charge in [-0.3, -0.25) is 4.98 Å². The normalized spacial score (nSPS) is 11.8. The summed E-state index contributed by atoms with van der Waals surface area (Å²) in [6, 6.07) is 21.4. The largest absolute Gasteiger partial charge is 0.478 e. The SMILES string of the molecule is O=C(O)c1ccc(CC(c2ccccc2)c2cccnc2)cc1. The monoisotopic (exact) mass is 303 g/mol. The van der Waals surface area contributed by atoms with Crippen molar-refractivity contribution in [3.63, 3.8) is 0 Å². The van der Waals surface area contributed by atoms with Crippen LogP contribution in [-0.4, -0.2) is 16.1 Å². The molecule has 0 bridgehead atoms. The summed E-state index contributed by atoms with van der Waals surface area (Å²) >= 11 is 0. The van der Waals surface area contributed by atoms with Gasteiger partial charge in [0.2, 0.25) is 0 Å². The van der Waals surface area contributed by atoms with Crippen LogP contribution in [0.15, 0.2) is 79.1 Å². The Bertz CT molecular complexity index is 728. The zero-order valence-corrected chi connectivity index (χ0v) is 12.6. The molecule has 3 aromatic rings. The molecular weight excluding hydrogens is 286 g/mol. The van der Waals surface area contributed by atoms with Crippen molar-refractivity contribution in [2.75, 3.05) is 0 Å². The first-order valence-electron chi connectivity index (χ1n) is 7.51. The summed E-state index contributed by atoms with van der Waals surface area (Å²) in [6.45, 7) is 0. The van der Waals surface area contributed by atoms with Crippen LogP contribution < -0.4 is 0 Å². The third-order valence-corrected chi connectivity index (χ3v) is 3.93. The summed E-state index contributed by atoms with van der Waals surface area (Å²) in [6.07, 6.45) is 4.46. The molecule has 1 atom stereocenters. The molecule has 0 saturated carbocycles. The highest BCUT2D eigenvalue weighted by atomic mass is 16.4. The first-order valence-corrected chi connectivity index (χ1v) is 7.51. The van der Waals surface area contributed by atoms with Crippen LogP contribution >= 0.6 is 0 Å². The molecule has 0 aliphatic carbocycles. The summed E-state index contributed by atoms with van der Waals surface area (Å²) in [4.78, 5) is 15.2. The number of hydrogen-bond acceptors (Lipinski definition) is 2. The molecule has 3 heteroatoms. The lowest BCUT2D eigenvalue weighted by Gasteiger charge is -2.18. The summed E-state index contributed by atoms with van der Waals surface area (Å²) in [5.41, 5.74) is 3.79. The van der Waals surface area contributed by atoms with Gasteiger partial charge in [-0.2, -0.15) is 0 Å². The molecule has 1 N–H and O–H groups in total. The standard InChI is InChI=1S/C20H17NO2/c22-20(23)17-10-8-15(9-11-17)13-19(16-5-2-1-3-6-16)18-7-4-12-21-14-18/h1-12,14,19H,13H2,(H,22,23). The van der Waals surface area contributed by atoms with E-state index in [2.05, 4.69) is 23.2 Å². The molecule has 0 spiro atoms. The van der Waals surface area contributed by atoms with Crippen molar-refractivity contribution in [2.24, 2.45) is 0 Å². The van der Waals surface area contributed by atoms with Crippen molar-refractivity contribution in [1.29, 1.82) is 0 Å². The van der Waals surface area contributed by atoms with Crippen molar-refractivity contribution in [1.82, 2.24) is 4.98 Å². The van der Waals surface area contributed by atoms with E-state index in [1.165, 1.54) is 5.56 Å². The number of nitrogens with zero attached hydrogens (tertiary/aromatic N) is 1. The van der Waals surface area contributed by atoms with E-state index >= 15 is 0 Å². The minimum absolute atomic E-state index is 0.195. The van der Waals surface area contributed by atoms with Crippen LogP contribution in [0.3, 0.4) is 0 Å². The lowest BCUT2D eigenvalue weighted by molar-refractivity contribution is 0.0697. The molecule has 0 saturated heterocycles. The van der Waals surface area contributed by atoms with Crippen LogP contribution in [0.2, 0.25) is 0 Å². The van der Waals surface area contributed by atoms with E-state index in [4.69, 9.17) is 5.11 Å². The lowest BCUT2D eigenvalue weighted by Crippen LogP contribution is -2.06. The molecule has 0 aliphatic heterocycles. The maximum Gasteiger partial charge on any atom is 0.335 e. The van der Waals surface area contributed by atoms with Gasteiger partial charge in [0.1, 0.15) is 0 Å². The van der Waals surface area contributed by atoms with Crippen molar-refractivity contribution in [3.8, 4) is 0 Å². The van der Waals surface area contributed by atoms with Crippen LogP contribution in [0.1, 0.15) is 33.0 Å². The molecule has 23 heavy (non-hydrogen) atoms. The summed E-state index contributed by atoms with van der Waals surface area (Å²) < 4.78 is 0. The number of carboxylic acid groups (broad SMARTS) is 1. The predicted octanol–water partition coefficient (Wildman–Crippen LogP) is 4.15. The van der Waals surface area contributed by atoms with Gasteiger partial charge in [-0.25, -0.2) is 4.79 Å². The molecule has 0 amide bonds. The van der Waals surface area contributed by atoms with E-state index in [0.717, 1.165) is 17.5 Å². The quantitative estimate of drug-likeness (QED) is 0.770. The van der Waals surface area contributed by atoms with Crippen LogP contribution in [0, 0.1) is 0 Å². The molecule has 1 heterocycles. The number of rotatable bonds is 5. The highest BCUT2D eigenvalue weighted by Crippen LogP contribution is 2.28. The predicted molar refractivity (Wildman–Crippen MR) is 89.6 cm³/mol. The number of benzene rings is 2. The van der Waals surface area contributed by atoms with Crippen molar-refractivity contribution in [2.45, 2.75) is 12.3 Å². The molecule has 0 fully saturated rings. The average molecular weight is 303 g/mol. The summed E-state index contributed by atoms with van der Waals surface area (Å²) in [5, 5.41) is 9.01. The zero-order chi connectivity index (χ0) is 16.1. The van der Waals surface area contributed by atoms with Crippen molar-refractivity contribution in [3.05, 3.63) is 101 Å². The minimum atomic E-state index is -0.900. The number of pyridine rings is 1. The van der Waals surface area contributed by atoms with Gasteiger partial charge in [0, 0.05) is 18.3 Å². The molecular formula is C20H17NO2. The highest BCUT2D eigenvalue weighted by Gasteiger charge is 2.15. The Labute approximate surface area is 135 Å². The Kier molecular flexibility index (Phi) is 4.48. The fourth-order valence-electron chi connectivity index (χ4n) is 2.71. The third kappa shape index (κ3) is 3.64. The van der Waals surface area contributed by atoms with Gasteiger partial charge in [0.15, 0.2) is 0 Å². The Balaban J connectivity index is 1.92. The maximum absolute atomic E-state index is 11.0. The second-order valence-electron chi connectivity index (χ2n) is 5.46. The number of carbonyl (C=O) groups is 1. The number of aromatic nitrogens is 1. The van der Waals surface area contributed by atoms with Gasteiger partial charge in [-0.05, 0) is 41.3 Å². The van der Waals surface area contributed by atoms with Crippen LogP contribution in [0.25, 0.3) is 0 Å². The topological polar surface area (TPSA) is 50.2 Å². The molecule has 114 valence electrons. The third-order valence-electron chi connectivity index (χ3n) is 3.93. The Morgan fingerprint density at radius 3 is 2.22 bits per heavy atom. The summed E-state index contributed by atoms with van der Waals surface area (Å²) in [7, 11) is 0. The fourth-order valence-corrected chi connectivity index (χ4v) is 2.71. The van der Waals surface area contributed by atoms with E-state index in [0.29, 0.717) is 5.56 Å². The van der Waals surface area contributed by atoms with Gasteiger partial charge in [-0.15, -0.1) is 0 Å². The molecule has 2 aromatic carbocycles. The van der Waals surface area contributed by atoms with Crippen LogP contribution in [0.5, 0.6) is 0 Å². The van der Waals surface area contributed by atoms with Crippen LogP contribution in [0.4, 0.5) is 0 Å². The van der Waals surface area contributed by atoms with Gasteiger partial charge < -0.3 is 5.11 Å². The van der Waals surface area contributed by atoms with Crippen molar-refractivity contribution < 1.29 is 9.90 Å². The molecule has 1 unspecified atom stereocenters. The van der Waals surface area contributed by atoms with Crippen molar-refractivity contribution >= 4 is 5.97 Å². The Morgan fingerprint density at radius 1 is 0.913 bits per heavy atom. The van der Waals surface area contributed by atoms with Crippen LogP contribution in [-0.2, 0) is 6.42 Å². The first-order chi connectivity index (χ1) is 11.2. The number of carboxylic acids is 1. The van der Waals surface area contributed by atoms with Gasteiger partial charge in [0.25, 0.3) is 0 Å². The average Bonchev–Trinajstić information content (AvgIpc) is 2.61. The fraction of sp³-hybridized carbons (Fsp3) is 0.100. The molecule has 3 nitrogen and oxygen atoms in total. The number of aromatic carboxylic acids is 1. The Morgan fingerprint density at radius 2 is 1.61 bits per heavy atom. The van der Waals surface area contributed by atoms with E-state index in [1.54, 1.807) is 18.3 Å². The second kappa shape index (κ2) is 6.88. The zero-order valence-electron chi connectivity index (χ0n) is 12.6. The van der Waals surface area contributed by atoms with E-state index < -0.39 is 5.97 Å². The van der Waals surface area contributed by atoms with E-state index in [-0.39, 0.29) is 5.92 Å². The first kappa shape index (κ1) is 15.0. The second-order valence-corrected chi connectivity index (χ2v) is 5.46. The molecule has 0 radical (unpaired) electrons. The smallest absolute Gasteiger partial charge is 0.335 e. The number of hydrogen-bond donors (Lipinski definition) is 1. The maximum atomic E-state index is 11.0. The molecule has 1 aromatic heterocycles. The van der Waals surface area contributed by atoms with E-state index in [1.807, 2.05) is 42.6 Å². The molecule has 0 aliphatic rings. The van der Waals surface area contributed by atoms with E-state index in [9.17, 15) is 4.79 Å².